The fourth-order valence-electron chi connectivity index (χ4n) is 2.07. The number of thioether (sulfide) groups is 1. The Hall–Kier alpha value is -2.03. The summed E-state index contributed by atoms with van der Waals surface area (Å²) in [6.45, 7) is 0.262. The van der Waals surface area contributed by atoms with Crippen LogP contribution in [0.1, 0.15) is 11.3 Å². The topological polar surface area (TPSA) is 62.3 Å². The Morgan fingerprint density at radius 3 is 2.96 bits per heavy atom. The monoisotopic (exact) mass is 375 g/mol. The second kappa shape index (κ2) is 7.69. The van der Waals surface area contributed by atoms with Gasteiger partial charge in [-0.2, -0.15) is 0 Å². The quantitative estimate of drug-likeness (QED) is 0.641. The largest absolute Gasteiger partial charge is 0.325 e. The van der Waals surface area contributed by atoms with E-state index in [1.54, 1.807) is 35.9 Å². The van der Waals surface area contributed by atoms with Gasteiger partial charge in [0, 0.05) is 24.0 Å². The van der Waals surface area contributed by atoms with Crippen LogP contribution in [-0.2, 0) is 9.59 Å². The van der Waals surface area contributed by atoms with Gasteiger partial charge in [0.2, 0.25) is 5.91 Å². The second-order valence-electron chi connectivity index (χ2n) is 4.89. The van der Waals surface area contributed by atoms with Crippen LogP contribution in [0.4, 0.5) is 5.69 Å². The van der Waals surface area contributed by atoms with Crippen molar-refractivity contribution in [3.8, 4) is 0 Å². The molecular formula is C16H13N3O2S3. The number of nitrogens with zero attached hydrogens (tertiary/aromatic N) is 2. The van der Waals surface area contributed by atoms with Crippen LogP contribution in [0.15, 0.2) is 46.9 Å². The molecule has 0 bridgehead atoms. The molecule has 2 amide bonds. The SMILES string of the molecule is O=C(CCN1C(=O)C(=Cc2cccs2)SC1=S)Nc1cccnc1. The van der Waals surface area contributed by atoms with E-state index < -0.39 is 0 Å². The van der Waals surface area contributed by atoms with E-state index in [0.717, 1.165) is 4.88 Å². The van der Waals surface area contributed by atoms with E-state index in [1.165, 1.54) is 16.7 Å². The van der Waals surface area contributed by atoms with Crippen LogP contribution < -0.4 is 5.32 Å². The summed E-state index contributed by atoms with van der Waals surface area (Å²) in [4.78, 5) is 31.4. The van der Waals surface area contributed by atoms with Crippen LogP contribution in [0.3, 0.4) is 0 Å². The predicted molar refractivity (Wildman–Crippen MR) is 102 cm³/mol. The number of thiophene rings is 1. The summed E-state index contributed by atoms with van der Waals surface area (Å²) in [6.07, 6.45) is 5.21. The molecule has 0 aromatic carbocycles. The number of carbonyl (C=O) groups is 2. The molecule has 0 saturated carbocycles. The molecule has 5 nitrogen and oxygen atoms in total. The number of rotatable bonds is 5. The lowest BCUT2D eigenvalue weighted by Crippen LogP contribution is -2.31. The molecule has 1 aliphatic heterocycles. The van der Waals surface area contributed by atoms with Crippen molar-refractivity contribution in [2.75, 3.05) is 11.9 Å². The van der Waals surface area contributed by atoms with E-state index in [0.29, 0.717) is 14.9 Å². The number of nitrogens with one attached hydrogen (secondary N) is 1. The summed E-state index contributed by atoms with van der Waals surface area (Å²) in [5.74, 6) is -0.327. The minimum absolute atomic E-state index is 0.146. The van der Waals surface area contributed by atoms with Crippen molar-refractivity contribution < 1.29 is 9.59 Å². The van der Waals surface area contributed by atoms with Crippen molar-refractivity contribution in [3.05, 3.63) is 51.8 Å². The van der Waals surface area contributed by atoms with Crippen molar-refractivity contribution in [2.45, 2.75) is 6.42 Å². The Kier molecular flexibility index (Phi) is 5.39. The molecule has 0 radical (unpaired) electrons. The molecule has 2 aromatic heterocycles. The molecule has 1 saturated heterocycles. The number of hydrogen-bond acceptors (Lipinski definition) is 6. The van der Waals surface area contributed by atoms with Gasteiger partial charge in [0.05, 0.1) is 16.8 Å². The normalized spacial score (nSPS) is 16.0. The van der Waals surface area contributed by atoms with Gasteiger partial charge in [-0.05, 0) is 29.7 Å². The first kappa shape index (κ1) is 16.8. The number of aromatic nitrogens is 1. The van der Waals surface area contributed by atoms with Crippen molar-refractivity contribution in [3.63, 3.8) is 0 Å². The van der Waals surface area contributed by atoms with Gasteiger partial charge in [-0.3, -0.25) is 19.5 Å². The molecule has 1 N–H and O–H groups in total. The average molecular weight is 376 g/mol. The summed E-state index contributed by atoms with van der Waals surface area (Å²) in [6, 6.07) is 7.37. The minimum atomic E-state index is -0.181. The van der Waals surface area contributed by atoms with Crippen LogP contribution in [0, 0.1) is 0 Å². The van der Waals surface area contributed by atoms with Gasteiger partial charge in [-0.1, -0.05) is 30.0 Å². The summed E-state index contributed by atoms with van der Waals surface area (Å²) < 4.78 is 0.483. The highest BCUT2D eigenvalue weighted by atomic mass is 32.2. The van der Waals surface area contributed by atoms with E-state index in [-0.39, 0.29) is 24.8 Å². The molecule has 1 fully saturated rings. The first-order valence-corrected chi connectivity index (χ1v) is 9.22. The predicted octanol–water partition coefficient (Wildman–Crippen LogP) is 3.37. The Balaban J connectivity index is 1.58. The van der Waals surface area contributed by atoms with Crippen molar-refractivity contribution >= 4 is 63.2 Å². The minimum Gasteiger partial charge on any atom is -0.325 e. The van der Waals surface area contributed by atoms with E-state index >= 15 is 0 Å². The lowest BCUT2D eigenvalue weighted by atomic mass is 10.3. The molecule has 0 atom stereocenters. The summed E-state index contributed by atoms with van der Waals surface area (Å²) >= 11 is 8.09. The maximum atomic E-state index is 12.4. The van der Waals surface area contributed by atoms with Gasteiger partial charge in [0.25, 0.3) is 5.91 Å². The molecule has 0 unspecified atom stereocenters. The molecule has 24 heavy (non-hydrogen) atoms. The van der Waals surface area contributed by atoms with Gasteiger partial charge in [-0.15, -0.1) is 11.3 Å². The molecule has 122 valence electrons. The number of hydrogen-bond donors (Lipinski definition) is 1. The number of carbonyl (C=O) groups excluding carboxylic acids is 2. The molecule has 8 heteroatoms. The average Bonchev–Trinajstić information content (AvgIpc) is 3.16. The van der Waals surface area contributed by atoms with Crippen LogP contribution >= 0.6 is 35.3 Å². The van der Waals surface area contributed by atoms with Crippen molar-refractivity contribution in [2.24, 2.45) is 0 Å². The van der Waals surface area contributed by atoms with Gasteiger partial charge in [0.1, 0.15) is 4.32 Å². The molecule has 3 rings (SSSR count). The van der Waals surface area contributed by atoms with Gasteiger partial charge in [0.15, 0.2) is 0 Å². The highest BCUT2D eigenvalue weighted by Gasteiger charge is 2.32. The van der Waals surface area contributed by atoms with Crippen LogP contribution in [0.25, 0.3) is 6.08 Å². The summed E-state index contributed by atoms with van der Waals surface area (Å²) in [5.41, 5.74) is 0.630. The summed E-state index contributed by atoms with van der Waals surface area (Å²) in [7, 11) is 0. The lowest BCUT2D eigenvalue weighted by Gasteiger charge is -2.14. The fourth-order valence-corrected chi connectivity index (χ4v) is 4.10. The second-order valence-corrected chi connectivity index (χ2v) is 7.54. The van der Waals surface area contributed by atoms with Gasteiger partial charge < -0.3 is 5.32 Å². The van der Waals surface area contributed by atoms with Crippen LogP contribution in [-0.4, -0.2) is 32.6 Å². The Morgan fingerprint density at radius 1 is 1.38 bits per heavy atom. The van der Waals surface area contributed by atoms with Gasteiger partial charge >= 0.3 is 0 Å². The van der Waals surface area contributed by atoms with Crippen molar-refractivity contribution in [1.29, 1.82) is 0 Å². The number of pyridine rings is 1. The summed E-state index contributed by atoms with van der Waals surface area (Å²) in [5, 5.41) is 4.69. The number of thiocarbonyl (C=S) groups is 1. The van der Waals surface area contributed by atoms with E-state index in [2.05, 4.69) is 10.3 Å². The molecule has 0 spiro atoms. The third-order valence-electron chi connectivity index (χ3n) is 3.20. The maximum absolute atomic E-state index is 12.4. The zero-order chi connectivity index (χ0) is 16.9. The number of amides is 2. The molecule has 0 aliphatic carbocycles. The van der Waals surface area contributed by atoms with Crippen LogP contribution in [0.5, 0.6) is 0 Å². The standard InChI is InChI=1S/C16H13N3O2S3/c20-14(18-11-3-1-6-17-10-11)5-7-19-15(21)13(24-16(19)22)9-12-4-2-8-23-12/h1-4,6,8-10H,5,7H2,(H,18,20). The third kappa shape index (κ3) is 4.08. The Labute approximate surface area is 152 Å². The molecular weight excluding hydrogens is 362 g/mol. The smallest absolute Gasteiger partial charge is 0.266 e. The first-order chi connectivity index (χ1) is 11.6. The Morgan fingerprint density at radius 2 is 2.25 bits per heavy atom. The van der Waals surface area contributed by atoms with Crippen molar-refractivity contribution in [1.82, 2.24) is 9.88 Å². The third-order valence-corrected chi connectivity index (χ3v) is 5.39. The highest BCUT2D eigenvalue weighted by Crippen LogP contribution is 2.33. The first-order valence-electron chi connectivity index (χ1n) is 7.12. The zero-order valence-electron chi connectivity index (χ0n) is 12.5. The Bertz CT molecular complexity index is 788. The van der Waals surface area contributed by atoms with E-state index in [1.807, 2.05) is 23.6 Å². The zero-order valence-corrected chi connectivity index (χ0v) is 14.9. The maximum Gasteiger partial charge on any atom is 0.266 e. The fraction of sp³-hybridized carbons (Fsp3) is 0.125. The highest BCUT2D eigenvalue weighted by molar-refractivity contribution is 8.26. The lowest BCUT2D eigenvalue weighted by molar-refractivity contribution is -0.122. The van der Waals surface area contributed by atoms with E-state index in [9.17, 15) is 9.59 Å². The molecule has 1 aliphatic rings. The van der Waals surface area contributed by atoms with Crippen LogP contribution in [0.2, 0.25) is 0 Å². The van der Waals surface area contributed by atoms with Gasteiger partial charge in [-0.25, -0.2) is 0 Å². The number of anilines is 1. The van der Waals surface area contributed by atoms with E-state index in [4.69, 9.17) is 12.2 Å². The molecule has 3 heterocycles. The molecule has 2 aromatic rings.